The van der Waals surface area contributed by atoms with E-state index in [1.807, 2.05) is 24.3 Å². The van der Waals surface area contributed by atoms with Crippen LogP contribution in [-0.2, 0) is 4.74 Å². The summed E-state index contributed by atoms with van der Waals surface area (Å²) in [5.74, 6) is 0. The van der Waals surface area contributed by atoms with Crippen LogP contribution < -0.4 is 5.32 Å². The number of methoxy groups -OCH3 is 1. The second-order valence-electron chi connectivity index (χ2n) is 6.31. The van der Waals surface area contributed by atoms with Gasteiger partial charge in [0.15, 0.2) is 0 Å². The normalized spacial score (nSPS) is 13.1. The van der Waals surface area contributed by atoms with Gasteiger partial charge in [0.1, 0.15) is 11.9 Å². The molecule has 6 heteroatoms. The highest BCUT2D eigenvalue weighted by molar-refractivity contribution is 5.95. The number of aromatic nitrogens is 1. The van der Waals surface area contributed by atoms with E-state index in [0.717, 1.165) is 10.9 Å². The predicted octanol–water partition coefficient (Wildman–Crippen LogP) is 3.62. The van der Waals surface area contributed by atoms with E-state index in [1.165, 1.54) is 6.20 Å². The van der Waals surface area contributed by atoms with Gasteiger partial charge in [-0.15, -0.1) is 0 Å². The van der Waals surface area contributed by atoms with E-state index < -0.39 is 4.92 Å². The largest absolute Gasteiger partial charge is 0.383 e. The van der Waals surface area contributed by atoms with E-state index in [-0.39, 0.29) is 17.1 Å². The number of fused-ring (bicyclic) bond motifs is 1. The van der Waals surface area contributed by atoms with E-state index in [9.17, 15) is 10.1 Å². The number of nitro groups is 1. The Labute approximate surface area is 129 Å². The van der Waals surface area contributed by atoms with Crippen molar-refractivity contribution >= 4 is 22.3 Å². The molecule has 2 rings (SSSR count). The molecule has 0 saturated carbocycles. The van der Waals surface area contributed by atoms with Crippen molar-refractivity contribution in [2.75, 3.05) is 19.0 Å². The van der Waals surface area contributed by atoms with Gasteiger partial charge in [-0.1, -0.05) is 39.0 Å². The van der Waals surface area contributed by atoms with Crippen LogP contribution in [0.4, 0.5) is 11.4 Å². The number of hydrogen-bond donors (Lipinski definition) is 1. The Hall–Kier alpha value is -2.21. The van der Waals surface area contributed by atoms with Crippen LogP contribution in [0.3, 0.4) is 0 Å². The first-order chi connectivity index (χ1) is 10.3. The van der Waals surface area contributed by atoms with Crippen molar-refractivity contribution in [3.8, 4) is 0 Å². The number of rotatable bonds is 5. The van der Waals surface area contributed by atoms with Crippen molar-refractivity contribution in [1.82, 2.24) is 4.98 Å². The van der Waals surface area contributed by atoms with Gasteiger partial charge in [-0.2, -0.15) is 0 Å². The maximum Gasteiger partial charge on any atom is 0.311 e. The Morgan fingerprint density at radius 1 is 1.36 bits per heavy atom. The van der Waals surface area contributed by atoms with Gasteiger partial charge in [0.2, 0.25) is 0 Å². The molecular formula is C16H21N3O3. The van der Waals surface area contributed by atoms with Gasteiger partial charge < -0.3 is 10.1 Å². The molecule has 118 valence electrons. The van der Waals surface area contributed by atoms with Gasteiger partial charge in [-0.3, -0.25) is 10.1 Å². The van der Waals surface area contributed by atoms with Crippen LogP contribution in [0.25, 0.3) is 10.9 Å². The fourth-order valence-electron chi connectivity index (χ4n) is 2.27. The summed E-state index contributed by atoms with van der Waals surface area (Å²) < 4.78 is 5.27. The maximum absolute atomic E-state index is 11.3. The van der Waals surface area contributed by atoms with Crippen molar-refractivity contribution in [3.63, 3.8) is 0 Å². The first-order valence-corrected chi connectivity index (χ1v) is 7.12. The van der Waals surface area contributed by atoms with Gasteiger partial charge >= 0.3 is 5.69 Å². The van der Waals surface area contributed by atoms with Gasteiger partial charge in [0.05, 0.1) is 23.1 Å². The third-order valence-electron chi connectivity index (χ3n) is 3.65. The summed E-state index contributed by atoms with van der Waals surface area (Å²) in [5.41, 5.74) is 1.08. The van der Waals surface area contributed by atoms with E-state index in [2.05, 4.69) is 31.1 Å². The molecule has 0 aliphatic carbocycles. The number of para-hydroxylation sites is 1. The highest BCUT2D eigenvalue weighted by atomic mass is 16.6. The first-order valence-electron chi connectivity index (χ1n) is 7.12. The number of benzene rings is 1. The third kappa shape index (κ3) is 3.33. The summed E-state index contributed by atoms with van der Waals surface area (Å²) in [6.07, 6.45) is 1.30. The van der Waals surface area contributed by atoms with Crippen molar-refractivity contribution in [3.05, 3.63) is 40.6 Å². The van der Waals surface area contributed by atoms with E-state index in [0.29, 0.717) is 12.3 Å². The molecule has 1 atom stereocenters. The average Bonchev–Trinajstić information content (AvgIpc) is 2.45. The molecule has 6 nitrogen and oxygen atoms in total. The number of pyridine rings is 1. The molecule has 1 aromatic carbocycles. The molecule has 0 fully saturated rings. The second kappa shape index (κ2) is 6.27. The van der Waals surface area contributed by atoms with Crippen molar-refractivity contribution in [1.29, 1.82) is 0 Å². The van der Waals surface area contributed by atoms with Crippen LogP contribution in [-0.4, -0.2) is 29.7 Å². The fraction of sp³-hybridized carbons (Fsp3) is 0.438. The van der Waals surface area contributed by atoms with Crippen LogP contribution in [0.2, 0.25) is 0 Å². The lowest BCUT2D eigenvalue weighted by Crippen LogP contribution is -2.38. The Morgan fingerprint density at radius 3 is 2.64 bits per heavy atom. The van der Waals surface area contributed by atoms with Gasteiger partial charge in [0, 0.05) is 12.5 Å². The summed E-state index contributed by atoms with van der Waals surface area (Å²) >= 11 is 0. The quantitative estimate of drug-likeness (QED) is 0.674. The zero-order valence-electron chi connectivity index (χ0n) is 13.3. The molecule has 1 N–H and O–H groups in total. The molecule has 0 radical (unpaired) electrons. The predicted molar refractivity (Wildman–Crippen MR) is 87.1 cm³/mol. The molecule has 0 bridgehead atoms. The van der Waals surface area contributed by atoms with E-state index >= 15 is 0 Å². The Balaban J connectivity index is 2.56. The minimum Gasteiger partial charge on any atom is -0.383 e. The molecule has 22 heavy (non-hydrogen) atoms. The second-order valence-corrected chi connectivity index (χ2v) is 6.31. The van der Waals surface area contributed by atoms with Crippen LogP contribution in [0.1, 0.15) is 20.8 Å². The number of ether oxygens (including phenoxy) is 1. The summed E-state index contributed by atoms with van der Waals surface area (Å²) in [6, 6.07) is 7.32. The van der Waals surface area contributed by atoms with Crippen LogP contribution in [0.15, 0.2) is 30.5 Å². The molecular weight excluding hydrogens is 282 g/mol. The molecule has 0 unspecified atom stereocenters. The van der Waals surface area contributed by atoms with E-state index in [4.69, 9.17) is 4.74 Å². The van der Waals surface area contributed by atoms with Crippen molar-refractivity contribution < 1.29 is 9.66 Å². The monoisotopic (exact) mass is 303 g/mol. The van der Waals surface area contributed by atoms with Crippen LogP contribution in [0, 0.1) is 15.5 Å². The molecule has 0 spiro atoms. The molecule has 0 aliphatic heterocycles. The lowest BCUT2D eigenvalue weighted by Gasteiger charge is -2.31. The minimum atomic E-state index is -0.408. The molecule has 0 saturated heterocycles. The lowest BCUT2D eigenvalue weighted by atomic mass is 9.87. The maximum atomic E-state index is 11.3. The number of nitrogens with zero attached hydrogens (tertiary/aromatic N) is 2. The highest BCUT2D eigenvalue weighted by Crippen LogP contribution is 2.34. The summed E-state index contributed by atoms with van der Waals surface area (Å²) in [6.45, 7) is 6.66. The SMILES string of the molecule is COC[C@@H](Nc1c([N+](=O)[O-])cnc2ccccc12)C(C)(C)C. The molecule has 1 heterocycles. The average molecular weight is 303 g/mol. The lowest BCUT2D eigenvalue weighted by molar-refractivity contribution is -0.384. The molecule has 0 amide bonds. The van der Waals surface area contributed by atoms with Gasteiger partial charge in [-0.25, -0.2) is 4.98 Å². The molecule has 2 aromatic rings. The van der Waals surface area contributed by atoms with Crippen molar-refractivity contribution in [2.24, 2.45) is 5.41 Å². The fourth-order valence-corrected chi connectivity index (χ4v) is 2.27. The zero-order valence-corrected chi connectivity index (χ0v) is 13.3. The van der Waals surface area contributed by atoms with E-state index in [1.54, 1.807) is 7.11 Å². The van der Waals surface area contributed by atoms with Crippen molar-refractivity contribution in [2.45, 2.75) is 26.8 Å². The molecule has 1 aromatic heterocycles. The topological polar surface area (TPSA) is 77.3 Å². The Kier molecular flexibility index (Phi) is 4.61. The van der Waals surface area contributed by atoms with Gasteiger partial charge in [0.25, 0.3) is 0 Å². The van der Waals surface area contributed by atoms with Crippen LogP contribution in [0.5, 0.6) is 0 Å². The highest BCUT2D eigenvalue weighted by Gasteiger charge is 2.28. The number of hydrogen-bond acceptors (Lipinski definition) is 5. The third-order valence-corrected chi connectivity index (χ3v) is 3.65. The number of anilines is 1. The Bertz CT molecular complexity index is 680. The summed E-state index contributed by atoms with van der Waals surface area (Å²) in [5, 5.41) is 15.4. The summed E-state index contributed by atoms with van der Waals surface area (Å²) in [7, 11) is 1.62. The Morgan fingerprint density at radius 2 is 2.05 bits per heavy atom. The zero-order chi connectivity index (χ0) is 16.3. The first kappa shape index (κ1) is 16.2. The van der Waals surface area contributed by atoms with Crippen LogP contribution >= 0.6 is 0 Å². The minimum absolute atomic E-state index is 0.0240. The molecule has 0 aliphatic rings. The van der Waals surface area contributed by atoms with Gasteiger partial charge in [-0.05, 0) is 11.5 Å². The standard InChI is InChI=1S/C16H21N3O3/c1-16(2,3)14(10-22-4)18-15-11-7-5-6-8-12(11)17-9-13(15)19(20)21/h5-9,14H,10H2,1-4H3,(H,17,18)/t14-/m1/s1. The summed E-state index contributed by atoms with van der Waals surface area (Å²) in [4.78, 5) is 15.1. The number of nitrogens with one attached hydrogen (secondary N) is 1. The smallest absolute Gasteiger partial charge is 0.311 e.